The minimum absolute atomic E-state index is 0.846. The van der Waals surface area contributed by atoms with Crippen molar-refractivity contribution in [1.82, 2.24) is 9.55 Å². The zero-order chi connectivity index (χ0) is 23.8. The molecule has 0 radical (unpaired) electrons. The number of hydrogen-bond acceptors (Lipinski definition) is 3. The number of para-hydroxylation sites is 4. The van der Waals surface area contributed by atoms with Gasteiger partial charge >= 0.3 is 0 Å². The third kappa shape index (κ3) is 2.61. The number of hydrogen-bond donors (Lipinski definition) is 0. The van der Waals surface area contributed by atoms with Crippen LogP contribution in [0.1, 0.15) is 0 Å². The first kappa shape index (κ1) is 19.5. The number of aromatic nitrogens is 2. The second kappa shape index (κ2) is 7.09. The van der Waals surface area contributed by atoms with Crippen LogP contribution in [-0.2, 0) is 7.05 Å². The average Bonchev–Trinajstić information content (AvgIpc) is 3.60. The Morgan fingerprint density at radius 1 is 0.611 bits per heavy atom. The molecule has 0 saturated heterocycles. The smallest absolute Gasteiger partial charge is 0.147 e. The normalized spacial score (nSPS) is 12.0. The van der Waals surface area contributed by atoms with E-state index in [1.807, 2.05) is 42.5 Å². The molecule has 3 heterocycles. The SMILES string of the molecule is Cn1c(-c2ccc(-c3cc4c5ccccc5oc4c4c3oc3ccccc34)cc2)nc2ccccc21. The Morgan fingerprint density at radius 3 is 2.06 bits per heavy atom. The fourth-order valence-electron chi connectivity index (χ4n) is 5.48. The van der Waals surface area contributed by atoms with Crippen molar-refractivity contribution in [2.24, 2.45) is 7.05 Å². The molecule has 0 fully saturated rings. The van der Waals surface area contributed by atoms with Gasteiger partial charge in [0.2, 0.25) is 0 Å². The maximum atomic E-state index is 6.44. The number of imidazole rings is 1. The van der Waals surface area contributed by atoms with Crippen LogP contribution in [0.5, 0.6) is 0 Å². The quantitative estimate of drug-likeness (QED) is 0.257. The lowest BCUT2D eigenvalue weighted by Crippen LogP contribution is -1.92. The van der Waals surface area contributed by atoms with Gasteiger partial charge in [0, 0.05) is 34.3 Å². The van der Waals surface area contributed by atoms with Crippen molar-refractivity contribution in [2.45, 2.75) is 0 Å². The molecule has 0 aliphatic rings. The Morgan fingerprint density at radius 2 is 1.25 bits per heavy atom. The van der Waals surface area contributed by atoms with E-state index in [1.165, 1.54) is 0 Å². The van der Waals surface area contributed by atoms with Gasteiger partial charge in [0.1, 0.15) is 28.2 Å². The van der Waals surface area contributed by atoms with Gasteiger partial charge < -0.3 is 13.4 Å². The van der Waals surface area contributed by atoms with Gasteiger partial charge in [-0.1, -0.05) is 72.8 Å². The highest BCUT2D eigenvalue weighted by atomic mass is 16.3. The van der Waals surface area contributed by atoms with E-state index in [-0.39, 0.29) is 0 Å². The minimum atomic E-state index is 0.846. The molecule has 170 valence electrons. The maximum Gasteiger partial charge on any atom is 0.147 e. The molecule has 3 aromatic heterocycles. The molecule has 8 aromatic rings. The molecule has 8 rings (SSSR count). The maximum absolute atomic E-state index is 6.44. The summed E-state index contributed by atoms with van der Waals surface area (Å²) >= 11 is 0. The van der Waals surface area contributed by atoms with Gasteiger partial charge in [0.25, 0.3) is 0 Å². The second-order valence-corrected chi connectivity index (χ2v) is 9.26. The summed E-state index contributed by atoms with van der Waals surface area (Å²) in [6.07, 6.45) is 0. The van der Waals surface area contributed by atoms with E-state index in [0.29, 0.717) is 0 Å². The van der Waals surface area contributed by atoms with Crippen molar-refractivity contribution in [1.29, 1.82) is 0 Å². The lowest BCUT2D eigenvalue weighted by molar-refractivity contribution is 0.663. The summed E-state index contributed by atoms with van der Waals surface area (Å²) in [4.78, 5) is 4.86. The summed E-state index contributed by atoms with van der Waals surface area (Å²) in [5.41, 5.74) is 8.80. The molecule has 0 aliphatic heterocycles. The molecule has 0 bridgehead atoms. The van der Waals surface area contributed by atoms with Crippen LogP contribution in [0.15, 0.2) is 112 Å². The summed E-state index contributed by atoms with van der Waals surface area (Å²) in [5.74, 6) is 0.952. The second-order valence-electron chi connectivity index (χ2n) is 9.26. The first-order valence-electron chi connectivity index (χ1n) is 12.0. The number of nitrogens with zero attached hydrogens (tertiary/aromatic N) is 2. The molecule has 0 amide bonds. The Bertz CT molecular complexity index is 2110. The summed E-state index contributed by atoms with van der Waals surface area (Å²) in [6, 6.07) is 35.4. The number of aryl methyl sites for hydroxylation is 1. The van der Waals surface area contributed by atoms with Crippen LogP contribution in [0.3, 0.4) is 0 Å². The van der Waals surface area contributed by atoms with Crippen LogP contribution >= 0.6 is 0 Å². The summed E-state index contributed by atoms with van der Waals surface area (Å²) in [5, 5.41) is 4.29. The standard InChI is InChI=1S/C32H20N2O2/c1-34-26-11-5-4-10-25(26)33-32(34)20-16-14-19(15-17-20)23-18-24-21-8-2-6-12-27(21)35-31(24)29-22-9-3-7-13-28(22)36-30(23)29/h2-18H,1H3. The van der Waals surface area contributed by atoms with Gasteiger partial charge in [0.15, 0.2) is 0 Å². The Kier molecular flexibility index (Phi) is 3.84. The van der Waals surface area contributed by atoms with Crippen LogP contribution < -0.4 is 0 Å². The molecule has 0 N–H and O–H groups in total. The highest BCUT2D eigenvalue weighted by Crippen LogP contribution is 2.44. The van der Waals surface area contributed by atoms with E-state index in [9.17, 15) is 0 Å². The van der Waals surface area contributed by atoms with E-state index < -0.39 is 0 Å². The molecule has 4 nitrogen and oxygen atoms in total. The fourth-order valence-corrected chi connectivity index (χ4v) is 5.48. The van der Waals surface area contributed by atoms with Crippen LogP contribution in [0.4, 0.5) is 0 Å². The van der Waals surface area contributed by atoms with E-state index in [4.69, 9.17) is 13.8 Å². The number of rotatable bonds is 2. The topological polar surface area (TPSA) is 44.1 Å². The van der Waals surface area contributed by atoms with Crippen molar-refractivity contribution >= 4 is 54.9 Å². The minimum Gasteiger partial charge on any atom is -0.455 e. The Balaban J connectivity index is 1.39. The molecule has 0 unspecified atom stereocenters. The van der Waals surface area contributed by atoms with E-state index in [2.05, 4.69) is 72.3 Å². The largest absolute Gasteiger partial charge is 0.455 e. The third-order valence-electron chi connectivity index (χ3n) is 7.23. The van der Waals surface area contributed by atoms with E-state index in [1.54, 1.807) is 0 Å². The van der Waals surface area contributed by atoms with Gasteiger partial charge in [-0.3, -0.25) is 0 Å². The van der Waals surface area contributed by atoms with E-state index in [0.717, 1.165) is 77.4 Å². The van der Waals surface area contributed by atoms with E-state index >= 15 is 0 Å². The predicted molar refractivity (Wildman–Crippen MR) is 146 cm³/mol. The molecule has 0 saturated carbocycles. The molecule has 36 heavy (non-hydrogen) atoms. The third-order valence-corrected chi connectivity index (χ3v) is 7.23. The molecular formula is C32H20N2O2. The van der Waals surface area contributed by atoms with Crippen molar-refractivity contribution in [3.05, 3.63) is 103 Å². The van der Waals surface area contributed by atoms with Crippen molar-refractivity contribution < 1.29 is 8.83 Å². The van der Waals surface area contributed by atoms with Gasteiger partial charge in [-0.15, -0.1) is 0 Å². The lowest BCUT2D eigenvalue weighted by atomic mass is 9.98. The van der Waals surface area contributed by atoms with Gasteiger partial charge in [-0.2, -0.15) is 0 Å². The molecule has 5 aromatic carbocycles. The highest BCUT2D eigenvalue weighted by Gasteiger charge is 2.20. The van der Waals surface area contributed by atoms with Crippen LogP contribution in [0.25, 0.3) is 77.4 Å². The van der Waals surface area contributed by atoms with Crippen molar-refractivity contribution in [2.75, 3.05) is 0 Å². The predicted octanol–water partition coefficient (Wildman–Crippen LogP) is 8.71. The molecule has 0 spiro atoms. The molecule has 0 atom stereocenters. The van der Waals surface area contributed by atoms with Crippen LogP contribution in [-0.4, -0.2) is 9.55 Å². The first-order valence-corrected chi connectivity index (χ1v) is 12.0. The molecule has 4 heteroatoms. The summed E-state index contributed by atoms with van der Waals surface area (Å²) in [6.45, 7) is 0. The summed E-state index contributed by atoms with van der Waals surface area (Å²) < 4.78 is 15.0. The Labute approximate surface area is 206 Å². The number of furan rings is 2. The molecule has 0 aliphatic carbocycles. The van der Waals surface area contributed by atoms with Crippen LogP contribution in [0, 0.1) is 0 Å². The average molecular weight is 465 g/mol. The molecular weight excluding hydrogens is 444 g/mol. The van der Waals surface area contributed by atoms with Crippen molar-refractivity contribution in [3.8, 4) is 22.5 Å². The zero-order valence-corrected chi connectivity index (χ0v) is 19.5. The lowest BCUT2D eigenvalue weighted by Gasteiger charge is -2.07. The van der Waals surface area contributed by atoms with Gasteiger partial charge in [-0.05, 0) is 35.9 Å². The zero-order valence-electron chi connectivity index (χ0n) is 19.5. The van der Waals surface area contributed by atoms with Crippen molar-refractivity contribution in [3.63, 3.8) is 0 Å². The number of fused-ring (bicyclic) bond motifs is 8. The monoisotopic (exact) mass is 464 g/mol. The first-order chi connectivity index (χ1) is 17.8. The van der Waals surface area contributed by atoms with Crippen LogP contribution in [0.2, 0.25) is 0 Å². The Hall–Kier alpha value is -4.83. The fraction of sp³-hybridized carbons (Fsp3) is 0.0312. The van der Waals surface area contributed by atoms with Gasteiger partial charge in [0.05, 0.1) is 16.4 Å². The van der Waals surface area contributed by atoms with Gasteiger partial charge in [-0.25, -0.2) is 4.98 Å². The summed E-state index contributed by atoms with van der Waals surface area (Å²) in [7, 11) is 2.06. The highest BCUT2D eigenvalue weighted by molar-refractivity contribution is 6.25. The number of benzene rings is 5.